The molecule has 0 fully saturated rings. The van der Waals surface area contributed by atoms with E-state index in [1.807, 2.05) is 24.3 Å². The van der Waals surface area contributed by atoms with Crippen LogP contribution in [0.5, 0.6) is 0 Å². The summed E-state index contributed by atoms with van der Waals surface area (Å²) in [5.74, 6) is 0.479. The number of nitrogens with one attached hydrogen (secondary N) is 1. The van der Waals surface area contributed by atoms with Crippen molar-refractivity contribution in [2.24, 2.45) is 0 Å². The van der Waals surface area contributed by atoms with Gasteiger partial charge in [-0.1, -0.05) is 36.4 Å². The van der Waals surface area contributed by atoms with Crippen LogP contribution in [0.15, 0.2) is 48.6 Å². The summed E-state index contributed by atoms with van der Waals surface area (Å²) >= 11 is 0. The highest BCUT2D eigenvalue weighted by Crippen LogP contribution is 2.25. The van der Waals surface area contributed by atoms with Crippen molar-refractivity contribution in [1.29, 1.82) is 0 Å². The fourth-order valence-corrected chi connectivity index (χ4v) is 1.63. The third-order valence-corrected chi connectivity index (χ3v) is 2.45. The molecule has 0 saturated carbocycles. The van der Waals surface area contributed by atoms with Crippen LogP contribution in [0, 0.1) is 0 Å². The maximum Gasteiger partial charge on any atom is 0.0602 e. The summed E-state index contributed by atoms with van der Waals surface area (Å²) in [6, 6.07) is 7.82. The predicted octanol–water partition coefficient (Wildman–Crippen LogP) is 3.09. The molecule has 1 atom stereocenters. The van der Waals surface area contributed by atoms with Crippen LogP contribution in [0.4, 0.5) is 5.69 Å². The molecule has 72 valence electrons. The molecular formula is C12H13NO. The molecule has 0 radical (unpaired) electrons. The van der Waals surface area contributed by atoms with Gasteiger partial charge in [0.1, 0.15) is 0 Å². The maximum atomic E-state index is 8.66. The molecule has 14 heavy (non-hydrogen) atoms. The van der Waals surface area contributed by atoms with Gasteiger partial charge in [0.15, 0.2) is 0 Å². The number of allylic oxidation sites excluding steroid dienone is 4. The molecule has 1 aliphatic rings. The third-order valence-electron chi connectivity index (χ3n) is 2.45. The summed E-state index contributed by atoms with van der Waals surface area (Å²) in [6.45, 7) is 0. The molecule has 2 rings (SSSR count). The topological polar surface area (TPSA) is 32.3 Å². The highest BCUT2D eigenvalue weighted by atomic mass is 16.5. The molecule has 0 spiro atoms. The average molecular weight is 187 g/mol. The Labute approximate surface area is 83.5 Å². The van der Waals surface area contributed by atoms with E-state index in [1.54, 1.807) is 0 Å². The molecule has 1 aromatic rings. The van der Waals surface area contributed by atoms with E-state index >= 15 is 0 Å². The van der Waals surface area contributed by atoms with Crippen molar-refractivity contribution in [3.05, 3.63) is 54.1 Å². The highest BCUT2D eigenvalue weighted by molar-refractivity contribution is 5.44. The van der Waals surface area contributed by atoms with Crippen molar-refractivity contribution in [1.82, 2.24) is 0 Å². The second kappa shape index (κ2) is 4.11. The minimum Gasteiger partial charge on any atom is -0.291 e. The Morgan fingerprint density at radius 3 is 2.50 bits per heavy atom. The zero-order valence-corrected chi connectivity index (χ0v) is 7.85. The number of rotatable bonds is 2. The van der Waals surface area contributed by atoms with Gasteiger partial charge in [0.2, 0.25) is 0 Å². The summed E-state index contributed by atoms with van der Waals surface area (Å²) in [7, 11) is 0. The Morgan fingerprint density at radius 1 is 1.14 bits per heavy atom. The standard InChI is InChI=1S/C12H13NO/c14-13-12-8-6-11(7-9-12)10-4-2-1-3-5-10/h1-4,6-10,13-14H,5H2. The molecule has 2 nitrogen and oxygen atoms in total. The number of hydrogen-bond acceptors (Lipinski definition) is 2. The first kappa shape index (κ1) is 9.03. The minimum absolute atomic E-state index is 0.479. The molecule has 0 amide bonds. The summed E-state index contributed by atoms with van der Waals surface area (Å²) in [5.41, 5.74) is 4.13. The van der Waals surface area contributed by atoms with Crippen LogP contribution in [0.1, 0.15) is 17.9 Å². The molecule has 2 heteroatoms. The van der Waals surface area contributed by atoms with E-state index in [0.717, 1.165) is 12.1 Å². The number of benzene rings is 1. The van der Waals surface area contributed by atoms with E-state index in [2.05, 4.69) is 29.8 Å². The number of hydrogen-bond donors (Lipinski definition) is 2. The molecule has 0 saturated heterocycles. The summed E-state index contributed by atoms with van der Waals surface area (Å²) in [6.07, 6.45) is 9.57. The Morgan fingerprint density at radius 2 is 1.93 bits per heavy atom. The normalized spacial score (nSPS) is 19.6. The van der Waals surface area contributed by atoms with Gasteiger partial charge in [0, 0.05) is 5.92 Å². The Balaban J connectivity index is 2.16. The first-order valence-electron chi connectivity index (χ1n) is 4.73. The van der Waals surface area contributed by atoms with E-state index in [-0.39, 0.29) is 0 Å². The second-order valence-corrected chi connectivity index (χ2v) is 3.39. The van der Waals surface area contributed by atoms with Gasteiger partial charge in [-0.2, -0.15) is 0 Å². The maximum absolute atomic E-state index is 8.66. The third kappa shape index (κ3) is 1.86. The van der Waals surface area contributed by atoms with Crippen molar-refractivity contribution in [2.45, 2.75) is 12.3 Å². The van der Waals surface area contributed by atoms with E-state index in [9.17, 15) is 0 Å². The highest BCUT2D eigenvalue weighted by Gasteiger charge is 2.07. The van der Waals surface area contributed by atoms with Crippen LogP contribution < -0.4 is 5.48 Å². The Bertz CT molecular complexity index is 351. The van der Waals surface area contributed by atoms with Gasteiger partial charge in [0.05, 0.1) is 5.69 Å². The lowest BCUT2D eigenvalue weighted by Gasteiger charge is -2.13. The average Bonchev–Trinajstić information content (AvgIpc) is 2.30. The lowest BCUT2D eigenvalue weighted by atomic mass is 9.92. The van der Waals surface area contributed by atoms with Gasteiger partial charge < -0.3 is 0 Å². The quantitative estimate of drug-likeness (QED) is 0.697. The molecule has 2 N–H and O–H groups in total. The van der Waals surface area contributed by atoms with Crippen molar-refractivity contribution in [3.63, 3.8) is 0 Å². The lowest BCUT2D eigenvalue weighted by molar-refractivity contribution is 0.389. The van der Waals surface area contributed by atoms with Crippen LogP contribution in [-0.4, -0.2) is 5.21 Å². The number of anilines is 1. The minimum atomic E-state index is 0.479. The molecule has 0 heterocycles. The zero-order valence-electron chi connectivity index (χ0n) is 7.85. The van der Waals surface area contributed by atoms with E-state index in [0.29, 0.717) is 5.92 Å². The van der Waals surface area contributed by atoms with Gasteiger partial charge in [-0.25, -0.2) is 0 Å². The molecule has 0 aromatic heterocycles. The van der Waals surface area contributed by atoms with Gasteiger partial charge in [-0.05, 0) is 24.1 Å². The molecule has 1 aromatic carbocycles. The monoisotopic (exact) mass is 187 g/mol. The van der Waals surface area contributed by atoms with Gasteiger partial charge in [-0.15, -0.1) is 0 Å². The Hall–Kier alpha value is -1.54. The van der Waals surface area contributed by atoms with Gasteiger partial charge in [0.25, 0.3) is 0 Å². The van der Waals surface area contributed by atoms with Crippen molar-refractivity contribution in [3.8, 4) is 0 Å². The van der Waals surface area contributed by atoms with Crippen molar-refractivity contribution >= 4 is 5.69 Å². The second-order valence-electron chi connectivity index (χ2n) is 3.39. The molecule has 1 unspecified atom stereocenters. The van der Waals surface area contributed by atoms with Gasteiger partial charge in [-0.3, -0.25) is 10.7 Å². The Kier molecular flexibility index (Phi) is 2.65. The first-order valence-corrected chi connectivity index (χ1v) is 4.73. The first-order chi connectivity index (χ1) is 6.90. The fraction of sp³-hybridized carbons (Fsp3) is 0.167. The van der Waals surface area contributed by atoms with Crippen molar-refractivity contribution in [2.75, 3.05) is 5.48 Å². The summed E-state index contributed by atoms with van der Waals surface area (Å²) in [4.78, 5) is 0. The van der Waals surface area contributed by atoms with Crippen LogP contribution >= 0.6 is 0 Å². The molecular weight excluding hydrogens is 174 g/mol. The largest absolute Gasteiger partial charge is 0.291 e. The van der Waals surface area contributed by atoms with Crippen molar-refractivity contribution < 1.29 is 5.21 Å². The predicted molar refractivity (Wildman–Crippen MR) is 57.5 cm³/mol. The smallest absolute Gasteiger partial charge is 0.0602 e. The zero-order chi connectivity index (χ0) is 9.80. The van der Waals surface area contributed by atoms with E-state index in [1.165, 1.54) is 5.56 Å². The van der Waals surface area contributed by atoms with E-state index in [4.69, 9.17) is 5.21 Å². The molecule has 1 aliphatic carbocycles. The van der Waals surface area contributed by atoms with Crippen LogP contribution in [-0.2, 0) is 0 Å². The van der Waals surface area contributed by atoms with Crippen LogP contribution in [0.3, 0.4) is 0 Å². The summed E-state index contributed by atoms with van der Waals surface area (Å²) < 4.78 is 0. The van der Waals surface area contributed by atoms with E-state index < -0.39 is 0 Å². The fourth-order valence-electron chi connectivity index (χ4n) is 1.63. The van der Waals surface area contributed by atoms with Crippen LogP contribution in [0.2, 0.25) is 0 Å². The van der Waals surface area contributed by atoms with Gasteiger partial charge >= 0.3 is 0 Å². The lowest BCUT2D eigenvalue weighted by Crippen LogP contribution is -1.96. The van der Waals surface area contributed by atoms with Crippen LogP contribution in [0.25, 0.3) is 0 Å². The summed E-state index contributed by atoms with van der Waals surface area (Å²) in [5, 5.41) is 8.66. The molecule has 0 bridgehead atoms. The SMILES string of the molecule is ONc1ccc(C2C=CC=CC2)cc1. The molecule has 0 aliphatic heterocycles.